The van der Waals surface area contributed by atoms with Crippen molar-refractivity contribution in [2.45, 2.75) is 13.5 Å². The van der Waals surface area contributed by atoms with Crippen LogP contribution < -0.4 is 9.47 Å². The summed E-state index contributed by atoms with van der Waals surface area (Å²) in [5, 5.41) is 11.3. The largest absolute Gasteiger partial charge is 0.490 e. The molecule has 35 heavy (non-hydrogen) atoms. The molecule has 0 radical (unpaired) electrons. The van der Waals surface area contributed by atoms with E-state index in [0.717, 1.165) is 10.0 Å². The second-order valence-corrected chi connectivity index (χ2v) is 8.64. The van der Waals surface area contributed by atoms with Crippen molar-refractivity contribution in [3.8, 4) is 11.5 Å². The number of rotatable bonds is 8. The van der Waals surface area contributed by atoms with Gasteiger partial charge in [0, 0.05) is 16.6 Å². The van der Waals surface area contributed by atoms with E-state index >= 15 is 0 Å². The number of hydrogen-bond acceptors (Lipinski definition) is 7. The number of esters is 1. The van der Waals surface area contributed by atoms with Gasteiger partial charge in [-0.3, -0.25) is 10.1 Å². The first kappa shape index (κ1) is 24.4. The summed E-state index contributed by atoms with van der Waals surface area (Å²) in [7, 11) is 0. The van der Waals surface area contributed by atoms with Crippen LogP contribution in [0.15, 0.2) is 75.8 Å². The van der Waals surface area contributed by atoms with Gasteiger partial charge in [-0.25, -0.2) is 9.79 Å². The van der Waals surface area contributed by atoms with E-state index in [-0.39, 0.29) is 27.9 Å². The first-order valence-corrected chi connectivity index (χ1v) is 11.6. The highest BCUT2D eigenvalue weighted by Gasteiger charge is 2.27. The number of carbonyl (C=O) groups is 1. The average molecular weight is 558 g/mol. The van der Waals surface area contributed by atoms with E-state index in [1.54, 1.807) is 18.2 Å². The Labute approximate surface area is 214 Å². The molecule has 0 amide bonds. The molecule has 0 aliphatic carbocycles. The van der Waals surface area contributed by atoms with Crippen molar-refractivity contribution < 1.29 is 23.9 Å². The van der Waals surface area contributed by atoms with Crippen molar-refractivity contribution in [2.75, 3.05) is 6.61 Å². The number of carbonyl (C=O) groups excluding carboxylic acids is 1. The standard InChI is InChI=1S/C25H18BrClN2O6/c1-2-33-23-12-15(6-9-22(23)34-14-16-4-3-5-17(26)10-16)11-21-25(30)35-24(28-21)19-13-18(29(31)32)7-8-20(19)27/h3-13H,2,14H2,1H3/b21-11-. The number of non-ortho nitro benzene ring substituents is 1. The van der Waals surface area contributed by atoms with Gasteiger partial charge in [0.2, 0.25) is 5.90 Å². The van der Waals surface area contributed by atoms with Crippen molar-refractivity contribution >= 4 is 51.2 Å². The van der Waals surface area contributed by atoms with Crippen LogP contribution in [0.5, 0.6) is 11.5 Å². The zero-order valence-electron chi connectivity index (χ0n) is 18.4. The van der Waals surface area contributed by atoms with Crippen molar-refractivity contribution in [3.05, 3.63) is 103 Å². The fourth-order valence-corrected chi connectivity index (χ4v) is 3.91. The molecule has 0 fully saturated rings. The third kappa shape index (κ3) is 5.87. The highest BCUT2D eigenvalue weighted by Crippen LogP contribution is 2.32. The zero-order valence-corrected chi connectivity index (χ0v) is 20.7. The lowest BCUT2D eigenvalue weighted by Crippen LogP contribution is -2.06. The molecule has 10 heteroatoms. The summed E-state index contributed by atoms with van der Waals surface area (Å²) in [5.74, 6) is 0.258. The third-order valence-electron chi connectivity index (χ3n) is 4.87. The molecule has 3 aromatic rings. The number of hydrogen-bond donors (Lipinski definition) is 0. The number of aliphatic imine (C=N–C) groups is 1. The summed E-state index contributed by atoms with van der Waals surface area (Å²) in [6, 6.07) is 16.8. The van der Waals surface area contributed by atoms with Gasteiger partial charge in [-0.1, -0.05) is 45.7 Å². The number of cyclic esters (lactones) is 1. The minimum Gasteiger partial charge on any atom is -0.490 e. The fourth-order valence-electron chi connectivity index (χ4n) is 3.26. The minimum atomic E-state index is -0.699. The second-order valence-electron chi connectivity index (χ2n) is 7.32. The van der Waals surface area contributed by atoms with Crippen LogP contribution in [0.2, 0.25) is 5.02 Å². The first-order valence-electron chi connectivity index (χ1n) is 10.4. The lowest BCUT2D eigenvalue weighted by atomic mass is 10.1. The Hall–Kier alpha value is -3.69. The lowest BCUT2D eigenvalue weighted by molar-refractivity contribution is -0.384. The summed E-state index contributed by atoms with van der Waals surface area (Å²) in [6.45, 7) is 2.63. The average Bonchev–Trinajstić information content (AvgIpc) is 3.18. The van der Waals surface area contributed by atoms with Crippen LogP contribution in [0.3, 0.4) is 0 Å². The van der Waals surface area contributed by atoms with Crippen molar-refractivity contribution in [1.29, 1.82) is 0 Å². The van der Waals surface area contributed by atoms with Gasteiger partial charge in [-0.2, -0.15) is 0 Å². The van der Waals surface area contributed by atoms with E-state index in [9.17, 15) is 14.9 Å². The maximum atomic E-state index is 12.4. The van der Waals surface area contributed by atoms with E-state index in [1.165, 1.54) is 24.3 Å². The molecular formula is C25H18BrClN2O6. The SMILES string of the molecule is CCOc1cc(/C=C2\N=C(c3cc([N+](=O)[O-])ccc3Cl)OC2=O)ccc1OCc1cccc(Br)c1. The van der Waals surface area contributed by atoms with Crippen LogP contribution >= 0.6 is 27.5 Å². The molecule has 8 nitrogen and oxygen atoms in total. The Kier molecular flexibility index (Phi) is 7.48. The summed E-state index contributed by atoms with van der Waals surface area (Å²) in [5.41, 5.74) is 1.60. The summed E-state index contributed by atoms with van der Waals surface area (Å²) in [4.78, 5) is 27.1. The van der Waals surface area contributed by atoms with Gasteiger partial charge >= 0.3 is 5.97 Å². The van der Waals surface area contributed by atoms with Gasteiger partial charge in [-0.15, -0.1) is 0 Å². The zero-order chi connectivity index (χ0) is 24.9. The summed E-state index contributed by atoms with van der Waals surface area (Å²) >= 11 is 9.59. The van der Waals surface area contributed by atoms with Crippen LogP contribution in [-0.2, 0) is 16.1 Å². The van der Waals surface area contributed by atoms with Gasteiger partial charge < -0.3 is 14.2 Å². The molecule has 0 aromatic heterocycles. The fraction of sp³-hybridized carbons (Fsp3) is 0.120. The molecule has 0 spiro atoms. The molecular weight excluding hydrogens is 540 g/mol. The smallest absolute Gasteiger partial charge is 0.363 e. The normalized spacial score (nSPS) is 14.0. The maximum absolute atomic E-state index is 12.4. The molecule has 0 N–H and O–H groups in total. The number of ether oxygens (including phenoxy) is 3. The quantitative estimate of drug-likeness (QED) is 0.139. The predicted molar refractivity (Wildman–Crippen MR) is 135 cm³/mol. The van der Waals surface area contributed by atoms with E-state index < -0.39 is 10.9 Å². The van der Waals surface area contributed by atoms with Crippen LogP contribution in [0.25, 0.3) is 6.08 Å². The molecule has 0 bridgehead atoms. The van der Waals surface area contributed by atoms with Gasteiger partial charge in [-0.05, 0) is 54.5 Å². The van der Waals surface area contributed by atoms with Crippen LogP contribution in [0.4, 0.5) is 5.69 Å². The van der Waals surface area contributed by atoms with E-state index in [1.807, 2.05) is 31.2 Å². The number of nitro groups is 1. The minimum absolute atomic E-state index is 0.0211. The van der Waals surface area contributed by atoms with Gasteiger partial charge in [0.1, 0.15) is 6.61 Å². The Morgan fingerprint density at radius 1 is 1.11 bits per heavy atom. The molecule has 3 aromatic carbocycles. The topological polar surface area (TPSA) is 100 Å². The van der Waals surface area contributed by atoms with Crippen molar-refractivity contribution in [3.63, 3.8) is 0 Å². The molecule has 0 unspecified atom stereocenters. The van der Waals surface area contributed by atoms with Gasteiger partial charge in [0.25, 0.3) is 5.69 Å². The number of nitro benzene ring substituents is 1. The summed E-state index contributed by atoms with van der Waals surface area (Å²) in [6.07, 6.45) is 1.53. The number of nitrogens with zero attached hydrogens (tertiary/aromatic N) is 2. The Morgan fingerprint density at radius 2 is 1.94 bits per heavy atom. The van der Waals surface area contributed by atoms with Crippen molar-refractivity contribution in [2.24, 2.45) is 4.99 Å². The third-order valence-corrected chi connectivity index (χ3v) is 5.69. The van der Waals surface area contributed by atoms with Gasteiger partial charge in [0.05, 0.1) is 22.1 Å². The highest BCUT2D eigenvalue weighted by molar-refractivity contribution is 9.10. The molecule has 0 atom stereocenters. The van der Waals surface area contributed by atoms with Crippen LogP contribution in [0.1, 0.15) is 23.6 Å². The van der Waals surface area contributed by atoms with Crippen LogP contribution in [0, 0.1) is 10.1 Å². The predicted octanol–water partition coefficient (Wildman–Crippen LogP) is 6.33. The Morgan fingerprint density at radius 3 is 2.69 bits per heavy atom. The van der Waals surface area contributed by atoms with E-state index in [4.69, 9.17) is 25.8 Å². The lowest BCUT2D eigenvalue weighted by Gasteiger charge is -2.13. The van der Waals surface area contributed by atoms with Crippen molar-refractivity contribution in [1.82, 2.24) is 0 Å². The van der Waals surface area contributed by atoms with Crippen LogP contribution in [-0.4, -0.2) is 23.4 Å². The first-order chi connectivity index (χ1) is 16.8. The molecule has 1 aliphatic rings. The molecule has 4 rings (SSSR count). The highest BCUT2D eigenvalue weighted by atomic mass is 79.9. The maximum Gasteiger partial charge on any atom is 0.363 e. The molecule has 178 valence electrons. The molecule has 1 heterocycles. The van der Waals surface area contributed by atoms with E-state index in [0.29, 0.717) is 30.3 Å². The van der Waals surface area contributed by atoms with E-state index in [2.05, 4.69) is 20.9 Å². The molecule has 0 saturated heterocycles. The monoisotopic (exact) mass is 556 g/mol. The Bertz CT molecular complexity index is 1370. The number of benzene rings is 3. The molecule has 0 saturated carbocycles. The summed E-state index contributed by atoms with van der Waals surface area (Å²) < 4.78 is 17.8. The molecule has 1 aliphatic heterocycles. The second kappa shape index (κ2) is 10.7. The number of halogens is 2. The van der Waals surface area contributed by atoms with Gasteiger partial charge in [0.15, 0.2) is 17.2 Å². The Balaban J connectivity index is 1.59.